The van der Waals surface area contributed by atoms with Crippen molar-refractivity contribution in [1.29, 1.82) is 0 Å². The number of carbonyl (C=O) groups is 1. The highest BCUT2D eigenvalue weighted by atomic mass is 35.5. The summed E-state index contributed by atoms with van der Waals surface area (Å²) in [7, 11) is 0. The largest absolute Gasteiger partial charge is 0.484 e. The number of rotatable bonds is 7. The first-order chi connectivity index (χ1) is 11.5. The van der Waals surface area contributed by atoms with E-state index in [9.17, 15) is 4.79 Å². The Kier molecular flexibility index (Phi) is 7.00. The zero-order valence-electron chi connectivity index (χ0n) is 14.2. The minimum atomic E-state index is -0.121. The van der Waals surface area contributed by atoms with Gasteiger partial charge in [-0.15, -0.1) is 11.8 Å². The van der Waals surface area contributed by atoms with Crippen LogP contribution in [0.25, 0.3) is 0 Å². The fourth-order valence-electron chi connectivity index (χ4n) is 2.18. The molecule has 0 bridgehead atoms. The third kappa shape index (κ3) is 5.77. The molecule has 128 valence electrons. The summed E-state index contributed by atoms with van der Waals surface area (Å²) < 4.78 is 5.54. The fourth-order valence-corrected chi connectivity index (χ4v) is 3.06. The minimum absolute atomic E-state index is 0.00963. The average Bonchev–Trinajstić information content (AvgIpc) is 2.56. The Morgan fingerprint density at radius 3 is 2.38 bits per heavy atom. The number of ether oxygens (including phenoxy) is 1. The summed E-state index contributed by atoms with van der Waals surface area (Å²) in [5.41, 5.74) is 3.14. The maximum Gasteiger partial charge on any atom is 0.257 e. The number of aryl methyl sites for hydroxylation is 3. The van der Waals surface area contributed by atoms with E-state index in [0.717, 1.165) is 21.9 Å². The van der Waals surface area contributed by atoms with Gasteiger partial charge in [-0.05, 0) is 56.2 Å². The molecule has 0 aliphatic carbocycles. The lowest BCUT2D eigenvalue weighted by molar-refractivity contribution is -0.122. The molecule has 0 saturated carbocycles. The number of thioether (sulfide) groups is 1. The van der Waals surface area contributed by atoms with Crippen molar-refractivity contribution in [2.75, 3.05) is 18.9 Å². The van der Waals surface area contributed by atoms with Crippen molar-refractivity contribution in [3.63, 3.8) is 0 Å². The maximum atomic E-state index is 11.8. The number of amides is 1. The molecule has 0 atom stereocenters. The van der Waals surface area contributed by atoms with Crippen molar-refractivity contribution in [1.82, 2.24) is 5.32 Å². The van der Waals surface area contributed by atoms with Gasteiger partial charge in [0.15, 0.2) is 6.61 Å². The van der Waals surface area contributed by atoms with E-state index in [1.54, 1.807) is 11.8 Å². The summed E-state index contributed by atoms with van der Waals surface area (Å²) in [5.74, 6) is 1.37. The van der Waals surface area contributed by atoms with E-state index in [2.05, 4.69) is 36.5 Å². The second-order valence-corrected chi connectivity index (χ2v) is 7.22. The van der Waals surface area contributed by atoms with Crippen molar-refractivity contribution in [3.05, 3.63) is 58.1 Å². The van der Waals surface area contributed by atoms with E-state index in [0.29, 0.717) is 12.3 Å². The molecule has 0 radical (unpaired) electrons. The fraction of sp³-hybridized carbons (Fsp3) is 0.316. The SMILES string of the molecule is Cc1ccc(SCCNC(=O)COc2cc(C)c(Cl)c(C)c2)cc1. The Bertz CT molecular complexity index is 678. The number of hydrogen-bond donors (Lipinski definition) is 1. The Labute approximate surface area is 152 Å². The molecule has 0 aromatic heterocycles. The molecule has 2 aromatic carbocycles. The first-order valence-electron chi connectivity index (χ1n) is 7.81. The van der Waals surface area contributed by atoms with Crippen LogP contribution in [0.5, 0.6) is 5.75 Å². The lowest BCUT2D eigenvalue weighted by Crippen LogP contribution is -2.30. The molecule has 3 nitrogen and oxygen atoms in total. The second kappa shape index (κ2) is 9.00. The summed E-state index contributed by atoms with van der Waals surface area (Å²) in [4.78, 5) is 13.0. The Balaban J connectivity index is 1.69. The number of hydrogen-bond acceptors (Lipinski definition) is 3. The summed E-state index contributed by atoms with van der Waals surface area (Å²) >= 11 is 7.84. The van der Waals surface area contributed by atoms with E-state index in [1.165, 1.54) is 10.5 Å². The molecule has 0 unspecified atom stereocenters. The molecule has 0 heterocycles. The smallest absolute Gasteiger partial charge is 0.257 e. The molecule has 2 rings (SSSR count). The van der Waals surface area contributed by atoms with Gasteiger partial charge >= 0.3 is 0 Å². The monoisotopic (exact) mass is 363 g/mol. The highest BCUT2D eigenvalue weighted by Crippen LogP contribution is 2.25. The molecule has 1 N–H and O–H groups in total. The Morgan fingerprint density at radius 2 is 1.75 bits per heavy atom. The molecule has 24 heavy (non-hydrogen) atoms. The summed E-state index contributed by atoms with van der Waals surface area (Å²) in [6, 6.07) is 12.0. The molecule has 0 aliphatic rings. The quantitative estimate of drug-likeness (QED) is 0.579. The van der Waals surface area contributed by atoms with Gasteiger partial charge in [-0.2, -0.15) is 0 Å². The van der Waals surface area contributed by atoms with Crippen LogP contribution in [0.1, 0.15) is 16.7 Å². The van der Waals surface area contributed by atoms with Gasteiger partial charge in [0.2, 0.25) is 0 Å². The number of halogens is 1. The molecule has 0 fully saturated rings. The highest BCUT2D eigenvalue weighted by Gasteiger charge is 2.06. The number of carbonyl (C=O) groups excluding carboxylic acids is 1. The normalized spacial score (nSPS) is 10.5. The number of benzene rings is 2. The van der Waals surface area contributed by atoms with Crippen LogP contribution in [0.15, 0.2) is 41.3 Å². The summed E-state index contributed by atoms with van der Waals surface area (Å²) in [6.07, 6.45) is 0. The minimum Gasteiger partial charge on any atom is -0.484 e. The maximum absolute atomic E-state index is 11.8. The molecule has 0 aliphatic heterocycles. The molecule has 2 aromatic rings. The average molecular weight is 364 g/mol. The van der Waals surface area contributed by atoms with Crippen LogP contribution in [-0.2, 0) is 4.79 Å². The van der Waals surface area contributed by atoms with E-state index in [-0.39, 0.29) is 12.5 Å². The van der Waals surface area contributed by atoms with Gasteiger partial charge in [0.05, 0.1) is 0 Å². The van der Waals surface area contributed by atoms with Gasteiger partial charge in [0, 0.05) is 22.2 Å². The van der Waals surface area contributed by atoms with E-state index >= 15 is 0 Å². The Hall–Kier alpha value is -1.65. The van der Waals surface area contributed by atoms with E-state index in [1.807, 2.05) is 26.0 Å². The molecule has 5 heteroatoms. The lowest BCUT2D eigenvalue weighted by Gasteiger charge is -2.10. The van der Waals surface area contributed by atoms with Gasteiger partial charge in [-0.3, -0.25) is 4.79 Å². The molecule has 0 saturated heterocycles. The molecular weight excluding hydrogens is 342 g/mol. The standard InChI is InChI=1S/C19H22ClNO2S/c1-13-4-6-17(7-5-13)24-9-8-21-18(22)12-23-16-10-14(2)19(20)15(3)11-16/h4-7,10-11H,8-9,12H2,1-3H3,(H,21,22). The van der Waals surface area contributed by atoms with Gasteiger partial charge in [0.25, 0.3) is 5.91 Å². The molecule has 1 amide bonds. The first kappa shape index (κ1) is 18.7. The number of nitrogens with one attached hydrogen (secondary N) is 1. The van der Waals surface area contributed by atoms with Crippen molar-refractivity contribution < 1.29 is 9.53 Å². The van der Waals surface area contributed by atoms with Crippen LogP contribution >= 0.6 is 23.4 Å². The first-order valence-corrected chi connectivity index (χ1v) is 9.18. The van der Waals surface area contributed by atoms with E-state index < -0.39 is 0 Å². The predicted molar refractivity (Wildman–Crippen MR) is 101 cm³/mol. The van der Waals surface area contributed by atoms with Gasteiger partial charge in [-0.1, -0.05) is 29.3 Å². The van der Waals surface area contributed by atoms with Crippen LogP contribution in [0.2, 0.25) is 5.02 Å². The van der Waals surface area contributed by atoms with Gasteiger partial charge < -0.3 is 10.1 Å². The van der Waals surface area contributed by atoms with Crippen molar-refractivity contribution in [3.8, 4) is 5.75 Å². The highest BCUT2D eigenvalue weighted by molar-refractivity contribution is 7.99. The van der Waals surface area contributed by atoms with Crippen molar-refractivity contribution in [2.45, 2.75) is 25.7 Å². The van der Waals surface area contributed by atoms with Gasteiger partial charge in [0.1, 0.15) is 5.75 Å². The van der Waals surface area contributed by atoms with Crippen LogP contribution in [0.4, 0.5) is 0 Å². The van der Waals surface area contributed by atoms with Crippen molar-refractivity contribution in [2.24, 2.45) is 0 Å². The van der Waals surface area contributed by atoms with Crippen LogP contribution in [0, 0.1) is 20.8 Å². The van der Waals surface area contributed by atoms with Crippen LogP contribution < -0.4 is 10.1 Å². The summed E-state index contributed by atoms with van der Waals surface area (Å²) in [5, 5.41) is 3.60. The van der Waals surface area contributed by atoms with E-state index in [4.69, 9.17) is 16.3 Å². The third-order valence-electron chi connectivity index (χ3n) is 3.49. The van der Waals surface area contributed by atoms with Gasteiger partial charge in [-0.25, -0.2) is 0 Å². The summed E-state index contributed by atoms with van der Waals surface area (Å²) in [6.45, 7) is 6.53. The van der Waals surface area contributed by atoms with Crippen molar-refractivity contribution >= 4 is 29.3 Å². The lowest BCUT2D eigenvalue weighted by atomic mass is 10.1. The van der Waals surface area contributed by atoms with Crippen LogP contribution in [0.3, 0.4) is 0 Å². The molecular formula is C19H22ClNO2S. The topological polar surface area (TPSA) is 38.3 Å². The Morgan fingerprint density at radius 1 is 1.12 bits per heavy atom. The zero-order chi connectivity index (χ0) is 17.5. The molecule has 0 spiro atoms. The predicted octanol–water partition coefficient (Wildman–Crippen LogP) is 4.55. The second-order valence-electron chi connectivity index (χ2n) is 5.67. The zero-order valence-corrected chi connectivity index (χ0v) is 15.8. The van der Waals surface area contributed by atoms with Crippen LogP contribution in [-0.4, -0.2) is 24.8 Å². The third-order valence-corrected chi connectivity index (χ3v) is 5.10.